The molecule has 128 valence electrons. The number of halogens is 1. The van der Waals surface area contributed by atoms with E-state index in [-0.39, 0.29) is 11.7 Å². The first-order chi connectivity index (χ1) is 10.8. The number of amides is 1. The van der Waals surface area contributed by atoms with Crippen molar-refractivity contribution in [2.75, 3.05) is 54.6 Å². The van der Waals surface area contributed by atoms with Gasteiger partial charge in [-0.1, -0.05) is 17.7 Å². The number of rotatable bonds is 6. The van der Waals surface area contributed by atoms with E-state index >= 15 is 0 Å². The molecule has 1 aromatic carbocycles. The van der Waals surface area contributed by atoms with Crippen LogP contribution in [0.2, 0.25) is 5.02 Å². The number of sulfone groups is 1. The first-order valence-corrected chi connectivity index (χ1v) is 11.0. The summed E-state index contributed by atoms with van der Waals surface area (Å²) in [5.41, 5.74) is 1.08. The molecule has 1 fully saturated rings. The molecule has 0 unspecified atom stereocenters. The van der Waals surface area contributed by atoms with Gasteiger partial charge >= 0.3 is 0 Å². The van der Waals surface area contributed by atoms with Crippen LogP contribution in [0, 0.1) is 0 Å². The molecule has 1 amide bonds. The highest BCUT2D eigenvalue weighted by atomic mass is 35.5. The summed E-state index contributed by atoms with van der Waals surface area (Å²) in [5, 5.41) is 0.711. The van der Waals surface area contributed by atoms with Crippen molar-refractivity contribution in [1.82, 2.24) is 4.90 Å². The number of nitrogens with zero attached hydrogens (tertiary/aromatic N) is 2. The standard InChI is InChI=1S/C15H21ClN2O3S2/c1-23(20,21)10-9-22-12-15(19)18-7-5-17(6-8-18)14-4-2-3-13(16)11-14/h2-4,11H,5-10,12H2,1H3. The summed E-state index contributed by atoms with van der Waals surface area (Å²) < 4.78 is 22.1. The van der Waals surface area contributed by atoms with Gasteiger partial charge in [0.25, 0.3) is 0 Å². The Labute approximate surface area is 146 Å². The van der Waals surface area contributed by atoms with Gasteiger partial charge in [-0.2, -0.15) is 11.8 Å². The van der Waals surface area contributed by atoms with Crippen molar-refractivity contribution in [3.05, 3.63) is 29.3 Å². The van der Waals surface area contributed by atoms with E-state index in [2.05, 4.69) is 4.90 Å². The lowest BCUT2D eigenvalue weighted by Crippen LogP contribution is -2.49. The maximum Gasteiger partial charge on any atom is 0.232 e. The van der Waals surface area contributed by atoms with Crippen LogP contribution < -0.4 is 4.90 Å². The lowest BCUT2D eigenvalue weighted by molar-refractivity contribution is -0.128. The normalized spacial score (nSPS) is 15.7. The summed E-state index contributed by atoms with van der Waals surface area (Å²) in [7, 11) is -2.95. The first-order valence-electron chi connectivity index (χ1n) is 7.39. The Morgan fingerprint density at radius 2 is 1.96 bits per heavy atom. The van der Waals surface area contributed by atoms with Crippen molar-refractivity contribution < 1.29 is 13.2 Å². The van der Waals surface area contributed by atoms with Crippen molar-refractivity contribution in [1.29, 1.82) is 0 Å². The van der Waals surface area contributed by atoms with Crippen LogP contribution in [0.5, 0.6) is 0 Å². The van der Waals surface area contributed by atoms with Crippen LogP contribution in [-0.4, -0.2) is 68.9 Å². The molecule has 5 nitrogen and oxygen atoms in total. The van der Waals surface area contributed by atoms with Gasteiger partial charge in [-0.15, -0.1) is 0 Å². The number of hydrogen-bond donors (Lipinski definition) is 0. The molecule has 0 aromatic heterocycles. The molecule has 8 heteroatoms. The number of carbonyl (C=O) groups excluding carboxylic acids is 1. The van der Waals surface area contributed by atoms with Crippen molar-refractivity contribution in [2.45, 2.75) is 0 Å². The highest BCUT2D eigenvalue weighted by molar-refractivity contribution is 8.01. The summed E-state index contributed by atoms with van der Waals surface area (Å²) >= 11 is 7.39. The molecule has 0 spiro atoms. The van der Waals surface area contributed by atoms with Crippen molar-refractivity contribution >= 4 is 44.8 Å². The second-order valence-corrected chi connectivity index (χ2v) is 9.33. The molecule has 23 heavy (non-hydrogen) atoms. The molecular formula is C15H21ClN2O3S2. The van der Waals surface area contributed by atoms with E-state index in [1.807, 2.05) is 29.2 Å². The Morgan fingerprint density at radius 3 is 2.57 bits per heavy atom. The third-order valence-corrected chi connectivity index (χ3v) is 6.01. The maximum absolute atomic E-state index is 12.1. The van der Waals surface area contributed by atoms with Crippen LogP contribution in [0.1, 0.15) is 0 Å². The number of anilines is 1. The van der Waals surface area contributed by atoms with Crippen LogP contribution in [0.4, 0.5) is 5.69 Å². The Hall–Kier alpha value is -0.920. The van der Waals surface area contributed by atoms with Crippen molar-refractivity contribution in [3.8, 4) is 0 Å². The quantitative estimate of drug-likeness (QED) is 0.708. The van der Waals surface area contributed by atoms with Gasteiger partial charge in [0.1, 0.15) is 9.84 Å². The van der Waals surface area contributed by atoms with Crippen LogP contribution in [-0.2, 0) is 14.6 Å². The minimum absolute atomic E-state index is 0.0780. The number of hydrogen-bond acceptors (Lipinski definition) is 5. The van der Waals surface area contributed by atoms with Crippen molar-refractivity contribution in [2.24, 2.45) is 0 Å². The molecule has 1 saturated heterocycles. The maximum atomic E-state index is 12.1. The first kappa shape index (κ1) is 18.4. The highest BCUT2D eigenvalue weighted by Crippen LogP contribution is 2.21. The lowest BCUT2D eigenvalue weighted by atomic mass is 10.2. The molecule has 0 bridgehead atoms. The average Bonchev–Trinajstić information content (AvgIpc) is 2.50. The zero-order chi connectivity index (χ0) is 16.9. The molecule has 0 atom stereocenters. The Balaban J connectivity index is 1.74. The summed E-state index contributed by atoms with van der Waals surface area (Å²) in [5.74, 6) is 1.00. The third kappa shape index (κ3) is 6.24. The lowest BCUT2D eigenvalue weighted by Gasteiger charge is -2.36. The zero-order valence-electron chi connectivity index (χ0n) is 13.1. The Bertz CT molecular complexity index is 644. The Kier molecular flexibility index (Phi) is 6.61. The molecule has 0 saturated carbocycles. The van der Waals surface area contributed by atoms with Crippen LogP contribution in [0.15, 0.2) is 24.3 Å². The molecular weight excluding hydrogens is 356 g/mol. The molecule has 2 rings (SSSR count). The molecule has 0 N–H and O–H groups in total. The molecule has 1 aliphatic heterocycles. The number of thioether (sulfide) groups is 1. The van der Waals surface area contributed by atoms with Gasteiger partial charge in [0.2, 0.25) is 5.91 Å². The SMILES string of the molecule is CS(=O)(=O)CCSCC(=O)N1CCN(c2cccc(Cl)c2)CC1. The summed E-state index contributed by atoms with van der Waals surface area (Å²) in [4.78, 5) is 16.2. The monoisotopic (exact) mass is 376 g/mol. The molecule has 1 aromatic rings. The zero-order valence-corrected chi connectivity index (χ0v) is 15.5. The largest absolute Gasteiger partial charge is 0.368 e. The number of carbonyl (C=O) groups is 1. The Morgan fingerprint density at radius 1 is 1.26 bits per heavy atom. The van der Waals surface area contributed by atoms with Gasteiger partial charge in [-0.05, 0) is 18.2 Å². The van der Waals surface area contributed by atoms with Crippen LogP contribution >= 0.6 is 23.4 Å². The second-order valence-electron chi connectivity index (χ2n) is 5.53. The minimum Gasteiger partial charge on any atom is -0.368 e. The van der Waals surface area contributed by atoms with E-state index in [0.717, 1.165) is 18.8 Å². The van der Waals surface area contributed by atoms with Crippen LogP contribution in [0.25, 0.3) is 0 Å². The van der Waals surface area contributed by atoms with E-state index in [4.69, 9.17) is 11.6 Å². The van der Waals surface area contributed by atoms with Gasteiger partial charge in [-0.25, -0.2) is 8.42 Å². The predicted octanol–water partition coefficient (Wildman–Crippen LogP) is 1.77. The summed E-state index contributed by atoms with van der Waals surface area (Å²) in [6.45, 7) is 2.91. The third-order valence-electron chi connectivity index (χ3n) is 3.63. The smallest absolute Gasteiger partial charge is 0.232 e. The molecule has 1 heterocycles. The molecule has 0 radical (unpaired) electrons. The number of benzene rings is 1. The molecule has 1 aliphatic rings. The van der Waals surface area contributed by atoms with Gasteiger partial charge in [-0.3, -0.25) is 4.79 Å². The number of piperazine rings is 1. The predicted molar refractivity (Wildman–Crippen MR) is 97.3 cm³/mol. The van der Waals surface area contributed by atoms with Gasteiger partial charge in [0.05, 0.1) is 11.5 Å². The minimum atomic E-state index is -2.95. The summed E-state index contributed by atoms with van der Waals surface area (Å²) in [6.07, 6.45) is 1.21. The highest BCUT2D eigenvalue weighted by Gasteiger charge is 2.21. The van der Waals surface area contributed by atoms with Crippen molar-refractivity contribution in [3.63, 3.8) is 0 Å². The van der Waals surface area contributed by atoms with Gasteiger partial charge < -0.3 is 9.80 Å². The van der Waals surface area contributed by atoms with E-state index in [0.29, 0.717) is 29.6 Å². The second kappa shape index (κ2) is 8.26. The van der Waals surface area contributed by atoms with E-state index in [1.165, 1.54) is 18.0 Å². The fourth-order valence-corrected chi connectivity index (χ4v) is 4.72. The van der Waals surface area contributed by atoms with E-state index in [9.17, 15) is 13.2 Å². The summed E-state index contributed by atoms with van der Waals surface area (Å²) in [6, 6.07) is 7.72. The fourth-order valence-electron chi connectivity index (χ4n) is 2.35. The van der Waals surface area contributed by atoms with Gasteiger partial charge in [0, 0.05) is 48.9 Å². The molecule has 0 aliphatic carbocycles. The van der Waals surface area contributed by atoms with Crippen LogP contribution in [0.3, 0.4) is 0 Å². The average molecular weight is 377 g/mol. The topological polar surface area (TPSA) is 57.7 Å². The van der Waals surface area contributed by atoms with Gasteiger partial charge in [0.15, 0.2) is 0 Å². The fraction of sp³-hybridized carbons (Fsp3) is 0.533. The van der Waals surface area contributed by atoms with E-state index in [1.54, 1.807) is 0 Å². The van der Waals surface area contributed by atoms with E-state index < -0.39 is 9.84 Å².